The van der Waals surface area contributed by atoms with Crippen LogP contribution in [0.5, 0.6) is 0 Å². The Morgan fingerprint density at radius 1 is 1.04 bits per heavy atom. The molecule has 0 amide bonds. The Labute approximate surface area is 160 Å². The number of rotatable bonds is 5. The van der Waals surface area contributed by atoms with Gasteiger partial charge in [-0.05, 0) is 24.3 Å². The zero-order chi connectivity index (χ0) is 19.8. The van der Waals surface area contributed by atoms with Gasteiger partial charge in [0.25, 0.3) is 0 Å². The maximum atomic E-state index is 12.8. The van der Waals surface area contributed by atoms with E-state index in [0.717, 1.165) is 17.6 Å². The molecule has 1 aromatic carbocycles. The van der Waals surface area contributed by atoms with Gasteiger partial charge in [0, 0.05) is 32.4 Å². The van der Waals surface area contributed by atoms with Crippen LogP contribution in [-0.2, 0) is 19.9 Å². The molecule has 2 heterocycles. The van der Waals surface area contributed by atoms with E-state index >= 15 is 0 Å². The van der Waals surface area contributed by atoms with Gasteiger partial charge in [-0.1, -0.05) is 11.3 Å². The van der Waals surface area contributed by atoms with Crippen molar-refractivity contribution in [3.8, 4) is 0 Å². The molecule has 9 nitrogen and oxygen atoms in total. The maximum absolute atomic E-state index is 12.8. The first-order valence-corrected chi connectivity index (χ1v) is 12.0. The molecular formula is C15H17N3O6S3. The Bertz CT molecular complexity index is 1050. The molecule has 1 aliphatic rings. The van der Waals surface area contributed by atoms with E-state index in [1.54, 1.807) is 0 Å². The van der Waals surface area contributed by atoms with E-state index in [0.29, 0.717) is 18.2 Å². The molecule has 2 aromatic rings. The molecule has 3 rings (SSSR count). The third-order valence-corrected chi connectivity index (χ3v) is 8.19. The number of sulfonamides is 1. The Balaban J connectivity index is 1.71. The molecule has 1 aliphatic heterocycles. The second kappa shape index (κ2) is 7.19. The SMILES string of the molecule is CS(=O)(=O)c1ccc(S(=O)(=O)N2CCN(c3ncc(C(=O)O)s3)CC2)cc1. The Morgan fingerprint density at radius 3 is 2.07 bits per heavy atom. The van der Waals surface area contributed by atoms with Crippen LogP contribution in [-0.4, -0.2) is 69.6 Å². The smallest absolute Gasteiger partial charge is 0.347 e. The Hall–Kier alpha value is -2.02. The van der Waals surface area contributed by atoms with E-state index in [2.05, 4.69) is 4.98 Å². The first-order valence-electron chi connectivity index (χ1n) is 7.83. The van der Waals surface area contributed by atoms with Crippen LogP contribution >= 0.6 is 11.3 Å². The fourth-order valence-electron chi connectivity index (χ4n) is 2.64. The zero-order valence-electron chi connectivity index (χ0n) is 14.3. The minimum absolute atomic E-state index is 0.0331. The van der Waals surface area contributed by atoms with E-state index in [-0.39, 0.29) is 27.8 Å². The molecule has 1 N–H and O–H groups in total. The summed E-state index contributed by atoms with van der Waals surface area (Å²) in [6, 6.07) is 5.14. The van der Waals surface area contributed by atoms with Crippen LogP contribution in [0.4, 0.5) is 5.13 Å². The van der Waals surface area contributed by atoms with Crippen LogP contribution in [0.2, 0.25) is 0 Å². The van der Waals surface area contributed by atoms with Crippen molar-refractivity contribution in [2.24, 2.45) is 0 Å². The number of piperazine rings is 1. The van der Waals surface area contributed by atoms with E-state index < -0.39 is 25.8 Å². The predicted octanol–water partition coefficient (Wildman–Crippen LogP) is 0.756. The summed E-state index contributed by atoms with van der Waals surface area (Å²) in [7, 11) is -7.13. The quantitative estimate of drug-likeness (QED) is 0.735. The van der Waals surface area contributed by atoms with Gasteiger partial charge in [0.15, 0.2) is 15.0 Å². The van der Waals surface area contributed by atoms with Crippen LogP contribution in [0.1, 0.15) is 9.67 Å². The fraction of sp³-hybridized carbons (Fsp3) is 0.333. The molecule has 0 radical (unpaired) electrons. The van der Waals surface area contributed by atoms with Crippen LogP contribution < -0.4 is 4.90 Å². The predicted molar refractivity (Wildman–Crippen MR) is 99.6 cm³/mol. The van der Waals surface area contributed by atoms with Gasteiger partial charge in [0.05, 0.1) is 16.0 Å². The standard InChI is InChI=1S/C15H17N3O6S3/c1-26(21,22)11-2-4-12(5-3-11)27(23,24)18-8-6-17(7-9-18)15-16-10-13(25-15)14(19)20/h2-5,10H,6-9H2,1H3,(H,19,20). The van der Waals surface area contributed by atoms with Crippen molar-refractivity contribution in [1.29, 1.82) is 0 Å². The average Bonchev–Trinajstić information content (AvgIpc) is 3.12. The van der Waals surface area contributed by atoms with Gasteiger partial charge in [-0.3, -0.25) is 0 Å². The van der Waals surface area contributed by atoms with Crippen molar-refractivity contribution in [3.63, 3.8) is 0 Å². The maximum Gasteiger partial charge on any atom is 0.347 e. The lowest BCUT2D eigenvalue weighted by molar-refractivity contribution is 0.0702. The van der Waals surface area contributed by atoms with E-state index in [1.807, 2.05) is 4.90 Å². The molecular weight excluding hydrogens is 414 g/mol. The molecule has 146 valence electrons. The van der Waals surface area contributed by atoms with Gasteiger partial charge in [-0.25, -0.2) is 26.6 Å². The van der Waals surface area contributed by atoms with Crippen molar-refractivity contribution < 1.29 is 26.7 Å². The van der Waals surface area contributed by atoms with Gasteiger partial charge in [0.2, 0.25) is 10.0 Å². The summed E-state index contributed by atoms with van der Waals surface area (Å²) >= 11 is 1.05. The van der Waals surface area contributed by atoms with E-state index in [4.69, 9.17) is 5.11 Å². The summed E-state index contributed by atoms with van der Waals surface area (Å²) in [6.45, 7) is 1.21. The van der Waals surface area contributed by atoms with Gasteiger partial charge in [-0.2, -0.15) is 4.31 Å². The second-order valence-corrected chi connectivity index (χ2v) is 10.9. The highest BCUT2D eigenvalue weighted by molar-refractivity contribution is 7.90. The van der Waals surface area contributed by atoms with Crippen molar-refractivity contribution in [2.45, 2.75) is 9.79 Å². The number of anilines is 1. The van der Waals surface area contributed by atoms with Crippen LogP contribution in [0.15, 0.2) is 40.3 Å². The highest BCUT2D eigenvalue weighted by atomic mass is 32.2. The summed E-state index contributed by atoms with van der Waals surface area (Å²) < 4.78 is 49.8. The highest BCUT2D eigenvalue weighted by Gasteiger charge is 2.29. The summed E-state index contributed by atoms with van der Waals surface area (Å²) in [5, 5.41) is 9.51. The lowest BCUT2D eigenvalue weighted by atomic mass is 10.4. The number of carboxylic acid groups (broad SMARTS) is 1. The number of benzene rings is 1. The summed E-state index contributed by atoms with van der Waals surface area (Å²) in [5.74, 6) is -1.04. The molecule has 1 saturated heterocycles. The van der Waals surface area contributed by atoms with Gasteiger partial charge in [0.1, 0.15) is 4.88 Å². The van der Waals surface area contributed by atoms with Gasteiger partial charge < -0.3 is 10.0 Å². The van der Waals surface area contributed by atoms with E-state index in [1.165, 1.54) is 34.8 Å². The topological polar surface area (TPSA) is 125 Å². The molecule has 27 heavy (non-hydrogen) atoms. The molecule has 0 saturated carbocycles. The number of aromatic carboxylic acids is 1. The number of aromatic nitrogens is 1. The minimum Gasteiger partial charge on any atom is -0.477 e. The van der Waals surface area contributed by atoms with Gasteiger partial charge >= 0.3 is 5.97 Å². The number of hydrogen-bond donors (Lipinski definition) is 1. The lowest BCUT2D eigenvalue weighted by Crippen LogP contribution is -2.48. The van der Waals surface area contributed by atoms with Crippen molar-refractivity contribution in [3.05, 3.63) is 35.3 Å². The number of carboxylic acids is 1. The van der Waals surface area contributed by atoms with E-state index in [9.17, 15) is 21.6 Å². The molecule has 1 fully saturated rings. The lowest BCUT2D eigenvalue weighted by Gasteiger charge is -2.33. The normalized spacial score (nSPS) is 16.4. The minimum atomic E-state index is -3.74. The van der Waals surface area contributed by atoms with Crippen LogP contribution in [0, 0.1) is 0 Å². The third-order valence-electron chi connectivity index (χ3n) is 4.10. The molecule has 0 atom stereocenters. The monoisotopic (exact) mass is 431 g/mol. The number of sulfone groups is 1. The molecule has 0 unspecified atom stereocenters. The van der Waals surface area contributed by atoms with Crippen molar-refractivity contribution in [1.82, 2.24) is 9.29 Å². The number of nitrogens with zero attached hydrogens (tertiary/aromatic N) is 3. The third kappa shape index (κ3) is 4.13. The molecule has 0 bridgehead atoms. The zero-order valence-corrected chi connectivity index (χ0v) is 16.7. The van der Waals surface area contributed by atoms with Crippen molar-refractivity contribution in [2.75, 3.05) is 37.3 Å². The largest absolute Gasteiger partial charge is 0.477 e. The number of thiazole rings is 1. The highest BCUT2D eigenvalue weighted by Crippen LogP contribution is 2.25. The first-order chi connectivity index (χ1) is 12.6. The molecule has 0 spiro atoms. The fourth-order valence-corrected chi connectivity index (χ4v) is 5.50. The molecule has 12 heteroatoms. The molecule has 1 aromatic heterocycles. The number of hydrogen-bond acceptors (Lipinski definition) is 8. The number of carbonyl (C=O) groups is 1. The molecule has 0 aliphatic carbocycles. The summed E-state index contributed by atoms with van der Waals surface area (Å²) in [6.07, 6.45) is 2.35. The summed E-state index contributed by atoms with van der Waals surface area (Å²) in [5.41, 5.74) is 0. The van der Waals surface area contributed by atoms with Crippen LogP contribution in [0.25, 0.3) is 0 Å². The van der Waals surface area contributed by atoms with Gasteiger partial charge in [-0.15, -0.1) is 0 Å². The Kier molecular flexibility index (Phi) is 5.25. The average molecular weight is 432 g/mol. The van der Waals surface area contributed by atoms with Crippen LogP contribution in [0.3, 0.4) is 0 Å². The van der Waals surface area contributed by atoms with Crippen molar-refractivity contribution >= 4 is 42.3 Å². The summed E-state index contributed by atoms with van der Waals surface area (Å²) in [4.78, 5) is 17.1. The second-order valence-electron chi connectivity index (χ2n) is 5.95. The Morgan fingerprint density at radius 2 is 1.59 bits per heavy atom. The first kappa shape index (κ1) is 19.7.